The minimum absolute atomic E-state index is 0.324. The maximum Gasteiger partial charge on any atom is 0.115 e. The zero-order valence-corrected chi connectivity index (χ0v) is 16.4. The lowest BCUT2D eigenvalue weighted by Gasteiger charge is -2.44. The molecule has 0 amide bonds. The van der Waals surface area contributed by atoms with E-state index >= 15 is 0 Å². The van der Waals surface area contributed by atoms with Crippen molar-refractivity contribution in [3.8, 4) is 5.75 Å². The van der Waals surface area contributed by atoms with Gasteiger partial charge in [-0.25, -0.2) is 4.31 Å². The molecule has 0 saturated carbocycles. The van der Waals surface area contributed by atoms with E-state index in [2.05, 4.69) is 31.6 Å². The summed E-state index contributed by atoms with van der Waals surface area (Å²) in [6.07, 6.45) is 0. The van der Waals surface area contributed by atoms with Gasteiger partial charge in [0.05, 0.1) is 23.5 Å². The molecule has 3 heterocycles. The molecule has 7 heteroatoms. The van der Waals surface area contributed by atoms with Gasteiger partial charge in [0.15, 0.2) is 0 Å². The minimum atomic E-state index is 0.324. The first-order valence-electron chi connectivity index (χ1n) is 9.10. The number of ether oxygens (including phenoxy) is 1. The van der Waals surface area contributed by atoms with Gasteiger partial charge in [-0.3, -0.25) is 4.90 Å². The Morgan fingerprint density at radius 2 is 1.88 bits per heavy atom. The van der Waals surface area contributed by atoms with Crippen LogP contribution in [0.2, 0.25) is 0 Å². The number of aromatic hydroxyl groups is 1. The number of rotatable bonds is 5. The SMILES string of the molecule is Oc1ccc(N2CCN(Sc3cccs3)CC2CN2CCOCC2)cc1. The average molecular weight is 392 g/mol. The van der Waals surface area contributed by atoms with Gasteiger partial charge in [0.1, 0.15) is 5.75 Å². The highest BCUT2D eigenvalue weighted by molar-refractivity contribution is 7.98. The van der Waals surface area contributed by atoms with E-state index in [4.69, 9.17) is 4.74 Å². The van der Waals surface area contributed by atoms with Gasteiger partial charge in [0.25, 0.3) is 0 Å². The number of anilines is 1. The van der Waals surface area contributed by atoms with Crippen LogP contribution in [0.15, 0.2) is 46.0 Å². The number of morpholine rings is 1. The molecule has 2 aromatic rings. The number of hydrogen-bond donors (Lipinski definition) is 1. The van der Waals surface area contributed by atoms with E-state index < -0.39 is 0 Å². The molecule has 0 radical (unpaired) electrons. The highest BCUT2D eigenvalue weighted by Crippen LogP contribution is 2.31. The van der Waals surface area contributed by atoms with Gasteiger partial charge in [0.2, 0.25) is 0 Å². The van der Waals surface area contributed by atoms with Gasteiger partial charge in [-0.15, -0.1) is 11.3 Å². The number of phenolic OH excluding ortho intramolecular Hbond substituents is 1. The molecule has 0 spiro atoms. The molecular formula is C19H25N3O2S2. The smallest absolute Gasteiger partial charge is 0.115 e. The first-order chi connectivity index (χ1) is 12.8. The molecule has 2 aliphatic rings. The second kappa shape index (κ2) is 8.63. The molecule has 1 unspecified atom stereocenters. The van der Waals surface area contributed by atoms with Crippen LogP contribution in [-0.4, -0.2) is 72.8 Å². The van der Waals surface area contributed by atoms with E-state index in [1.54, 1.807) is 23.5 Å². The van der Waals surface area contributed by atoms with Crippen molar-refractivity contribution in [2.24, 2.45) is 0 Å². The van der Waals surface area contributed by atoms with Gasteiger partial charge < -0.3 is 14.7 Å². The second-order valence-electron chi connectivity index (χ2n) is 6.69. The topological polar surface area (TPSA) is 39.2 Å². The summed E-state index contributed by atoms with van der Waals surface area (Å²) in [5.41, 5.74) is 1.20. The van der Waals surface area contributed by atoms with Crippen LogP contribution in [0.1, 0.15) is 0 Å². The van der Waals surface area contributed by atoms with Gasteiger partial charge >= 0.3 is 0 Å². The Balaban J connectivity index is 1.47. The van der Waals surface area contributed by atoms with Crippen molar-refractivity contribution >= 4 is 29.0 Å². The monoisotopic (exact) mass is 391 g/mol. The fourth-order valence-corrected chi connectivity index (χ4v) is 5.49. The van der Waals surface area contributed by atoms with Crippen LogP contribution >= 0.6 is 23.3 Å². The Labute approximate surface area is 163 Å². The summed E-state index contributed by atoms with van der Waals surface area (Å²) in [5.74, 6) is 0.324. The van der Waals surface area contributed by atoms with Crippen LogP contribution in [-0.2, 0) is 4.74 Å². The Hall–Kier alpha value is -1.25. The lowest BCUT2D eigenvalue weighted by atomic mass is 10.1. The van der Waals surface area contributed by atoms with Crippen LogP contribution < -0.4 is 4.90 Å². The zero-order chi connectivity index (χ0) is 17.8. The molecule has 0 aliphatic carbocycles. The number of nitrogens with zero attached hydrogens (tertiary/aromatic N) is 3. The summed E-state index contributed by atoms with van der Waals surface area (Å²) in [4.78, 5) is 5.02. The van der Waals surface area contributed by atoms with Crippen LogP contribution in [0.4, 0.5) is 5.69 Å². The number of hydrogen-bond acceptors (Lipinski definition) is 7. The molecule has 1 aromatic carbocycles. The summed E-state index contributed by atoms with van der Waals surface area (Å²) in [6.45, 7) is 7.79. The Morgan fingerprint density at radius 3 is 2.62 bits per heavy atom. The minimum Gasteiger partial charge on any atom is -0.508 e. The molecule has 2 fully saturated rings. The Morgan fingerprint density at radius 1 is 1.08 bits per heavy atom. The molecule has 4 rings (SSSR count). The van der Waals surface area contributed by atoms with Crippen molar-refractivity contribution in [2.45, 2.75) is 10.3 Å². The maximum atomic E-state index is 9.62. The molecule has 26 heavy (non-hydrogen) atoms. The lowest BCUT2D eigenvalue weighted by molar-refractivity contribution is 0.0333. The molecule has 1 aromatic heterocycles. The van der Waals surface area contributed by atoms with Crippen molar-refractivity contribution in [2.75, 3.05) is 57.4 Å². The lowest BCUT2D eigenvalue weighted by Crippen LogP contribution is -2.56. The molecule has 1 atom stereocenters. The van der Waals surface area contributed by atoms with Gasteiger partial charge in [-0.1, -0.05) is 6.07 Å². The van der Waals surface area contributed by atoms with E-state index in [1.165, 1.54) is 9.90 Å². The number of piperazine rings is 1. The summed E-state index contributed by atoms with van der Waals surface area (Å²) in [5, 5.41) is 11.8. The number of benzene rings is 1. The molecule has 1 N–H and O–H groups in total. The molecule has 5 nitrogen and oxygen atoms in total. The highest BCUT2D eigenvalue weighted by Gasteiger charge is 2.30. The molecule has 0 bridgehead atoms. The standard InChI is InChI=1S/C19H25N3O2S2/c23-18-5-3-16(4-6-18)22-8-7-21(26-19-2-1-13-25-19)15-17(22)14-20-9-11-24-12-10-20/h1-6,13,17,23H,7-12,14-15H2. The first-order valence-corrected chi connectivity index (χ1v) is 10.8. The Kier molecular flexibility index (Phi) is 6.01. The third kappa shape index (κ3) is 4.53. The van der Waals surface area contributed by atoms with Gasteiger partial charge in [-0.05, 0) is 47.7 Å². The number of phenols is 1. The average Bonchev–Trinajstić information content (AvgIpc) is 3.17. The Bertz CT molecular complexity index is 675. The van der Waals surface area contributed by atoms with Crippen LogP contribution in [0.3, 0.4) is 0 Å². The maximum absolute atomic E-state index is 9.62. The zero-order valence-electron chi connectivity index (χ0n) is 14.8. The van der Waals surface area contributed by atoms with Gasteiger partial charge in [-0.2, -0.15) is 0 Å². The van der Waals surface area contributed by atoms with Crippen molar-refractivity contribution in [1.82, 2.24) is 9.21 Å². The van der Waals surface area contributed by atoms with Crippen molar-refractivity contribution < 1.29 is 9.84 Å². The van der Waals surface area contributed by atoms with Crippen molar-refractivity contribution in [1.29, 1.82) is 0 Å². The summed E-state index contributed by atoms with van der Waals surface area (Å²) >= 11 is 3.68. The predicted octanol–water partition coefficient (Wildman–Crippen LogP) is 2.98. The van der Waals surface area contributed by atoms with Crippen LogP contribution in [0.25, 0.3) is 0 Å². The molecular weight excluding hydrogens is 366 g/mol. The summed E-state index contributed by atoms with van der Waals surface area (Å²) < 4.78 is 9.36. The quantitative estimate of drug-likeness (QED) is 0.790. The van der Waals surface area contributed by atoms with E-state index in [0.717, 1.165) is 52.5 Å². The van der Waals surface area contributed by atoms with Crippen LogP contribution in [0.5, 0.6) is 5.75 Å². The summed E-state index contributed by atoms with van der Waals surface area (Å²) in [6, 6.07) is 12.4. The predicted molar refractivity (Wildman–Crippen MR) is 108 cm³/mol. The second-order valence-corrected chi connectivity index (χ2v) is 9.03. The van der Waals surface area contributed by atoms with E-state index in [1.807, 2.05) is 24.1 Å². The normalized spacial score (nSPS) is 22.6. The van der Waals surface area contributed by atoms with Crippen molar-refractivity contribution in [3.63, 3.8) is 0 Å². The fraction of sp³-hybridized carbons (Fsp3) is 0.474. The third-order valence-electron chi connectivity index (χ3n) is 4.91. The van der Waals surface area contributed by atoms with Crippen LogP contribution in [0, 0.1) is 0 Å². The van der Waals surface area contributed by atoms with Gasteiger partial charge in [0, 0.05) is 45.0 Å². The van der Waals surface area contributed by atoms with E-state index in [9.17, 15) is 5.11 Å². The molecule has 140 valence electrons. The highest BCUT2D eigenvalue weighted by atomic mass is 32.2. The number of thiophene rings is 1. The summed E-state index contributed by atoms with van der Waals surface area (Å²) in [7, 11) is 0. The largest absolute Gasteiger partial charge is 0.508 e. The molecule has 2 saturated heterocycles. The van der Waals surface area contributed by atoms with E-state index in [0.29, 0.717) is 11.8 Å². The van der Waals surface area contributed by atoms with E-state index in [-0.39, 0.29) is 0 Å². The molecule has 2 aliphatic heterocycles. The first kappa shape index (κ1) is 18.1. The third-order valence-corrected chi connectivity index (χ3v) is 6.99. The van der Waals surface area contributed by atoms with Crippen molar-refractivity contribution in [3.05, 3.63) is 41.8 Å². The fourth-order valence-electron chi connectivity index (χ4n) is 3.57.